The van der Waals surface area contributed by atoms with Gasteiger partial charge in [0.15, 0.2) is 5.13 Å². The van der Waals surface area contributed by atoms with Crippen LogP contribution in [0.25, 0.3) is 0 Å². The highest BCUT2D eigenvalue weighted by Crippen LogP contribution is 2.29. The van der Waals surface area contributed by atoms with Crippen LogP contribution in [0.3, 0.4) is 0 Å². The fourth-order valence-corrected chi connectivity index (χ4v) is 4.34. The highest BCUT2D eigenvalue weighted by atomic mass is 79.9. The lowest BCUT2D eigenvalue weighted by molar-refractivity contribution is 0.0738. The number of anilines is 2. The summed E-state index contributed by atoms with van der Waals surface area (Å²) < 4.78 is 1.03. The van der Waals surface area contributed by atoms with E-state index in [1.165, 1.54) is 22.5 Å². The second-order valence-corrected chi connectivity index (χ2v) is 8.23. The van der Waals surface area contributed by atoms with Crippen molar-refractivity contribution in [1.82, 2.24) is 9.88 Å². The second kappa shape index (κ2) is 7.21. The smallest absolute Gasteiger partial charge is 0.266 e. The summed E-state index contributed by atoms with van der Waals surface area (Å²) in [6, 6.07) is 16.2. The third-order valence-electron chi connectivity index (χ3n) is 4.50. The minimum Gasteiger partial charge on any atom is -0.333 e. The molecule has 0 aliphatic carbocycles. The fraction of sp³-hybridized carbons (Fsp3) is 0.200. The molecule has 0 unspecified atom stereocenters. The zero-order valence-corrected chi connectivity index (χ0v) is 16.7. The Bertz CT molecular complexity index is 952. The van der Waals surface area contributed by atoms with Crippen LogP contribution in [0.2, 0.25) is 0 Å². The van der Waals surface area contributed by atoms with E-state index in [1.807, 2.05) is 42.2 Å². The number of fused-ring (bicyclic) bond motifs is 1. The zero-order valence-electron chi connectivity index (χ0n) is 14.3. The van der Waals surface area contributed by atoms with Crippen LogP contribution in [0.1, 0.15) is 26.5 Å². The predicted molar refractivity (Wildman–Crippen MR) is 109 cm³/mol. The number of carbonyl (C=O) groups excluding carboxylic acids is 1. The van der Waals surface area contributed by atoms with Gasteiger partial charge in [0.25, 0.3) is 5.91 Å². The summed E-state index contributed by atoms with van der Waals surface area (Å²) in [4.78, 5) is 20.2. The van der Waals surface area contributed by atoms with E-state index in [1.54, 1.807) is 0 Å². The van der Waals surface area contributed by atoms with Gasteiger partial charge in [0.1, 0.15) is 4.88 Å². The SMILES string of the molecule is Cc1nc(Nc2ccc(Br)cc2)sc1C(=O)N1CCc2ccccc2C1. The van der Waals surface area contributed by atoms with Gasteiger partial charge in [0.05, 0.1) is 5.69 Å². The van der Waals surface area contributed by atoms with Gasteiger partial charge in [-0.2, -0.15) is 0 Å². The zero-order chi connectivity index (χ0) is 18.1. The first-order valence-electron chi connectivity index (χ1n) is 8.46. The summed E-state index contributed by atoms with van der Waals surface area (Å²) in [6.07, 6.45) is 0.907. The quantitative estimate of drug-likeness (QED) is 0.627. The van der Waals surface area contributed by atoms with Crippen molar-refractivity contribution in [1.29, 1.82) is 0 Å². The number of hydrogen-bond donors (Lipinski definition) is 1. The van der Waals surface area contributed by atoms with E-state index in [2.05, 4.69) is 44.4 Å². The molecule has 2 heterocycles. The molecule has 2 aromatic carbocycles. The van der Waals surface area contributed by atoms with Gasteiger partial charge in [-0.15, -0.1) is 0 Å². The number of nitrogens with zero attached hydrogens (tertiary/aromatic N) is 2. The molecule has 26 heavy (non-hydrogen) atoms. The first-order chi connectivity index (χ1) is 12.6. The van der Waals surface area contributed by atoms with E-state index < -0.39 is 0 Å². The number of thiazole rings is 1. The summed E-state index contributed by atoms with van der Waals surface area (Å²) in [6.45, 7) is 3.32. The Kier molecular flexibility index (Phi) is 4.78. The molecule has 1 aromatic heterocycles. The normalized spacial score (nSPS) is 13.4. The molecule has 0 bridgehead atoms. The molecule has 132 valence electrons. The van der Waals surface area contributed by atoms with Gasteiger partial charge in [0, 0.05) is 23.2 Å². The van der Waals surface area contributed by atoms with Gasteiger partial charge >= 0.3 is 0 Å². The molecule has 1 aliphatic rings. The molecule has 0 saturated carbocycles. The lowest BCUT2D eigenvalue weighted by atomic mass is 10.00. The number of nitrogens with one attached hydrogen (secondary N) is 1. The van der Waals surface area contributed by atoms with Gasteiger partial charge in [-0.25, -0.2) is 4.98 Å². The summed E-state index contributed by atoms with van der Waals surface area (Å²) in [5.41, 5.74) is 4.31. The van der Waals surface area contributed by atoms with Crippen LogP contribution in [-0.4, -0.2) is 22.3 Å². The molecular weight excluding hydrogens is 410 g/mol. The number of aromatic nitrogens is 1. The number of rotatable bonds is 3. The first-order valence-corrected chi connectivity index (χ1v) is 10.1. The van der Waals surface area contributed by atoms with E-state index in [-0.39, 0.29) is 5.91 Å². The molecule has 4 rings (SSSR count). The summed E-state index contributed by atoms with van der Waals surface area (Å²) in [7, 11) is 0. The van der Waals surface area contributed by atoms with Crippen molar-refractivity contribution >= 4 is 44.0 Å². The highest BCUT2D eigenvalue weighted by Gasteiger charge is 2.25. The molecule has 0 spiro atoms. The summed E-state index contributed by atoms with van der Waals surface area (Å²) in [5.74, 6) is 0.0679. The number of halogens is 1. The average molecular weight is 428 g/mol. The van der Waals surface area contributed by atoms with Crippen molar-refractivity contribution in [2.45, 2.75) is 19.9 Å². The number of aryl methyl sites for hydroxylation is 1. The van der Waals surface area contributed by atoms with Crippen molar-refractivity contribution in [2.24, 2.45) is 0 Å². The summed E-state index contributed by atoms with van der Waals surface area (Å²) >= 11 is 4.85. The molecule has 0 radical (unpaired) electrons. The molecule has 1 N–H and O–H groups in total. The van der Waals surface area contributed by atoms with Gasteiger partial charge in [0.2, 0.25) is 0 Å². The van der Waals surface area contributed by atoms with Crippen LogP contribution in [-0.2, 0) is 13.0 Å². The van der Waals surface area contributed by atoms with E-state index in [0.717, 1.165) is 34.0 Å². The maximum absolute atomic E-state index is 13.0. The van der Waals surface area contributed by atoms with Crippen LogP contribution in [0.4, 0.5) is 10.8 Å². The predicted octanol–water partition coefficient (Wildman–Crippen LogP) is 5.16. The third-order valence-corrected chi connectivity index (χ3v) is 6.09. The van der Waals surface area contributed by atoms with Crippen molar-refractivity contribution in [3.63, 3.8) is 0 Å². The molecular formula is C20H18BrN3OS. The molecule has 1 aliphatic heterocycles. The Hall–Kier alpha value is -2.18. The minimum absolute atomic E-state index is 0.0679. The third kappa shape index (κ3) is 3.52. The van der Waals surface area contributed by atoms with Crippen LogP contribution >= 0.6 is 27.3 Å². The fourth-order valence-electron chi connectivity index (χ4n) is 3.12. The first kappa shape index (κ1) is 17.2. The largest absolute Gasteiger partial charge is 0.333 e. The van der Waals surface area contributed by atoms with E-state index in [0.29, 0.717) is 11.4 Å². The molecule has 6 heteroatoms. The molecule has 0 atom stereocenters. The minimum atomic E-state index is 0.0679. The highest BCUT2D eigenvalue weighted by molar-refractivity contribution is 9.10. The molecule has 1 amide bonds. The number of amides is 1. The maximum Gasteiger partial charge on any atom is 0.266 e. The van der Waals surface area contributed by atoms with Crippen molar-refractivity contribution in [3.8, 4) is 0 Å². The van der Waals surface area contributed by atoms with Gasteiger partial charge in [-0.05, 0) is 48.7 Å². The number of carbonyl (C=O) groups is 1. The summed E-state index contributed by atoms with van der Waals surface area (Å²) in [5, 5.41) is 4.02. The van der Waals surface area contributed by atoms with Gasteiger partial charge in [-0.1, -0.05) is 51.5 Å². The lowest BCUT2D eigenvalue weighted by Crippen LogP contribution is -2.35. The van der Waals surface area contributed by atoms with Crippen molar-refractivity contribution < 1.29 is 4.79 Å². The van der Waals surface area contributed by atoms with Gasteiger partial charge in [-0.3, -0.25) is 4.79 Å². The Balaban J connectivity index is 1.52. The van der Waals surface area contributed by atoms with Crippen molar-refractivity contribution in [2.75, 3.05) is 11.9 Å². The van der Waals surface area contributed by atoms with Crippen LogP contribution in [0.15, 0.2) is 53.0 Å². The maximum atomic E-state index is 13.0. The number of hydrogen-bond acceptors (Lipinski definition) is 4. The number of benzene rings is 2. The standard InChI is InChI=1S/C20H18BrN3OS/c1-13-18(26-20(22-13)23-17-8-6-16(21)7-9-17)19(25)24-11-10-14-4-2-3-5-15(14)12-24/h2-9H,10-12H2,1H3,(H,22,23). The van der Waals surface area contributed by atoms with E-state index >= 15 is 0 Å². The monoisotopic (exact) mass is 427 g/mol. The molecule has 0 saturated heterocycles. The Labute approximate surface area is 165 Å². The Morgan fingerprint density at radius 1 is 1.15 bits per heavy atom. The van der Waals surface area contributed by atoms with Crippen LogP contribution < -0.4 is 5.32 Å². The topological polar surface area (TPSA) is 45.2 Å². The van der Waals surface area contributed by atoms with Crippen LogP contribution in [0, 0.1) is 6.92 Å². The Morgan fingerprint density at radius 3 is 2.65 bits per heavy atom. The second-order valence-electron chi connectivity index (χ2n) is 6.31. The average Bonchev–Trinajstić information content (AvgIpc) is 3.02. The lowest BCUT2D eigenvalue weighted by Gasteiger charge is -2.28. The molecule has 4 nitrogen and oxygen atoms in total. The van der Waals surface area contributed by atoms with Crippen molar-refractivity contribution in [3.05, 3.63) is 74.7 Å². The van der Waals surface area contributed by atoms with E-state index in [9.17, 15) is 4.79 Å². The molecule has 3 aromatic rings. The van der Waals surface area contributed by atoms with Gasteiger partial charge < -0.3 is 10.2 Å². The molecule has 0 fully saturated rings. The Morgan fingerprint density at radius 2 is 1.88 bits per heavy atom. The van der Waals surface area contributed by atoms with E-state index in [4.69, 9.17) is 0 Å². The van der Waals surface area contributed by atoms with Crippen LogP contribution in [0.5, 0.6) is 0 Å².